The van der Waals surface area contributed by atoms with Gasteiger partial charge in [-0.3, -0.25) is 0 Å². The molecule has 0 aliphatic heterocycles. The molecule has 0 radical (unpaired) electrons. The van der Waals surface area contributed by atoms with Gasteiger partial charge in [0.15, 0.2) is 0 Å². The topological polar surface area (TPSA) is 0 Å². The van der Waals surface area contributed by atoms with E-state index in [-0.39, 0.29) is 0 Å². The number of hydrogen-bond acceptors (Lipinski definition) is 1. The van der Waals surface area contributed by atoms with Crippen LogP contribution in [0.5, 0.6) is 0 Å². The largest absolute Gasteiger partial charge is 0.121 e. The van der Waals surface area contributed by atoms with E-state index in [0.717, 1.165) is 5.75 Å². The molecule has 0 heterocycles. The molecule has 0 bridgehead atoms. The second kappa shape index (κ2) is 5.91. The van der Waals surface area contributed by atoms with Crippen molar-refractivity contribution in [1.29, 1.82) is 0 Å². The first-order valence-electron chi connectivity index (χ1n) is 5.59. The lowest BCUT2D eigenvalue weighted by atomic mass is 10.1. The Morgan fingerprint density at radius 1 is 0.941 bits per heavy atom. The highest BCUT2D eigenvalue weighted by atomic mass is 127. The van der Waals surface area contributed by atoms with Gasteiger partial charge < -0.3 is 0 Å². The van der Waals surface area contributed by atoms with Gasteiger partial charge in [0, 0.05) is 14.2 Å². The fourth-order valence-electron chi connectivity index (χ4n) is 1.55. The standard InChI is InChI=1S/C15H15IS/c1-11-3-8-15(9-12(11)2)17-10-13-4-6-14(16)7-5-13/h3-9H,10H2,1-2H3. The van der Waals surface area contributed by atoms with Gasteiger partial charge in [-0.25, -0.2) is 0 Å². The third-order valence-electron chi connectivity index (χ3n) is 2.80. The van der Waals surface area contributed by atoms with Crippen molar-refractivity contribution < 1.29 is 0 Å². The summed E-state index contributed by atoms with van der Waals surface area (Å²) in [5, 5.41) is 0. The van der Waals surface area contributed by atoms with Crippen molar-refractivity contribution in [3.8, 4) is 0 Å². The fourth-order valence-corrected chi connectivity index (χ4v) is 2.86. The zero-order valence-electron chi connectivity index (χ0n) is 10.0. The first-order valence-corrected chi connectivity index (χ1v) is 7.66. The first-order chi connectivity index (χ1) is 8.15. The van der Waals surface area contributed by atoms with Gasteiger partial charge >= 0.3 is 0 Å². The Kier molecular flexibility index (Phi) is 4.51. The zero-order chi connectivity index (χ0) is 12.3. The SMILES string of the molecule is Cc1ccc(SCc2ccc(I)cc2)cc1C. The molecular weight excluding hydrogens is 339 g/mol. The molecule has 0 amide bonds. The summed E-state index contributed by atoms with van der Waals surface area (Å²) in [7, 11) is 0. The fraction of sp³-hybridized carbons (Fsp3) is 0.200. The highest BCUT2D eigenvalue weighted by Crippen LogP contribution is 2.25. The van der Waals surface area contributed by atoms with E-state index in [1.54, 1.807) is 0 Å². The van der Waals surface area contributed by atoms with Crippen LogP contribution in [-0.2, 0) is 5.75 Å². The van der Waals surface area contributed by atoms with Crippen molar-refractivity contribution >= 4 is 34.4 Å². The summed E-state index contributed by atoms with van der Waals surface area (Å²) in [6, 6.07) is 15.4. The predicted molar refractivity (Wildman–Crippen MR) is 84.6 cm³/mol. The van der Waals surface area contributed by atoms with Crippen LogP contribution in [0.1, 0.15) is 16.7 Å². The number of aryl methyl sites for hydroxylation is 2. The Labute approximate surface area is 121 Å². The second-order valence-corrected chi connectivity index (χ2v) is 6.46. The van der Waals surface area contributed by atoms with Gasteiger partial charge in [-0.1, -0.05) is 18.2 Å². The Morgan fingerprint density at radius 3 is 2.29 bits per heavy atom. The molecule has 0 aromatic heterocycles. The van der Waals surface area contributed by atoms with Crippen LogP contribution in [0.15, 0.2) is 47.4 Å². The van der Waals surface area contributed by atoms with E-state index in [0.29, 0.717) is 0 Å². The summed E-state index contributed by atoms with van der Waals surface area (Å²) in [4.78, 5) is 1.35. The van der Waals surface area contributed by atoms with Crippen LogP contribution in [-0.4, -0.2) is 0 Å². The molecule has 0 saturated carbocycles. The summed E-state index contributed by atoms with van der Waals surface area (Å²) in [6.07, 6.45) is 0. The lowest BCUT2D eigenvalue weighted by Crippen LogP contribution is -1.83. The van der Waals surface area contributed by atoms with E-state index >= 15 is 0 Å². The number of thioether (sulfide) groups is 1. The molecule has 0 fully saturated rings. The molecule has 0 aliphatic carbocycles. The minimum absolute atomic E-state index is 1.04. The van der Waals surface area contributed by atoms with Gasteiger partial charge in [0.05, 0.1) is 0 Å². The Balaban J connectivity index is 2.02. The van der Waals surface area contributed by atoms with Crippen LogP contribution < -0.4 is 0 Å². The van der Waals surface area contributed by atoms with Crippen molar-refractivity contribution in [1.82, 2.24) is 0 Å². The quantitative estimate of drug-likeness (QED) is 0.539. The average molecular weight is 354 g/mol. The maximum atomic E-state index is 2.34. The number of rotatable bonds is 3. The average Bonchev–Trinajstić information content (AvgIpc) is 2.33. The number of halogens is 1. The summed E-state index contributed by atoms with van der Waals surface area (Å²) >= 11 is 4.24. The Bertz CT molecular complexity index is 503. The van der Waals surface area contributed by atoms with Crippen LogP contribution in [0.2, 0.25) is 0 Å². The van der Waals surface area contributed by atoms with Crippen molar-refractivity contribution in [3.63, 3.8) is 0 Å². The van der Waals surface area contributed by atoms with Crippen LogP contribution in [0.25, 0.3) is 0 Å². The summed E-state index contributed by atoms with van der Waals surface area (Å²) < 4.78 is 1.29. The van der Waals surface area contributed by atoms with Gasteiger partial charge in [0.1, 0.15) is 0 Å². The Hall–Kier alpha value is -0.480. The van der Waals surface area contributed by atoms with Crippen molar-refractivity contribution in [3.05, 3.63) is 62.7 Å². The maximum absolute atomic E-state index is 2.34. The third-order valence-corrected chi connectivity index (χ3v) is 4.58. The third kappa shape index (κ3) is 3.75. The van der Waals surface area contributed by atoms with Gasteiger partial charge in [0.2, 0.25) is 0 Å². The van der Waals surface area contributed by atoms with Gasteiger partial charge in [0.25, 0.3) is 0 Å². The Morgan fingerprint density at radius 2 is 1.65 bits per heavy atom. The molecule has 2 heteroatoms. The van der Waals surface area contributed by atoms with E-state index in [9.17, 15) is 0 Å². The smallest absolute Gasteiger partial charge is 0.0232 e. The van der Waals surface area contributed by atoms with E-state index < -0.39 is 0 Å². The molecule has 0 nitrogen and oxygen atoms in total. The number of benzene rings is 2. The molecule has 88 valence electrons. The van der Waals surface area contributed by atoms with Crippen LogP contribution >= 0.6 is 34.4 Å². The number of hydrogen-bond donors (Lipinski definition) is 0. The summed E-state index contributed by atoms with van der Waals surface area (Å²) in [5.74, 6) is 1.04. The highest BCUT2D eigenvalue weighted by molar-refractivity contribution is 14.1. The van der Waals surface area contributed by atoms with Crippen molar-refractivity contribution in [2.45, 2.75) is 24.5 Å². The highest BCUT2D eigenvalue weighted by Gasteiger charge is 1.98. The van der Waals surface area contributed by atoms with Crippen molar-refractivity contribution in [2.24, 2.45) is 0 Å². The van der Waals surface area contributed by atoms with E-state index in [4.69, 9.17) is 0 Å². The van der Waals surface area contributed by atoms with E-state index in [1.165, 1.54) is 25.2 Å². The minimum atomic E-state index is 1.04. The molecule has 0 unspecified atom stereocenters. The molecule has 0 N–H and O–H groups in total. The predicted octanol–water partition coefficient (Wildman–Crippen LogP) is 5.20. The van der Waals surface area contributed by atoms with Crippen molar-refractivity contribution in [2.75, 3.05) is 0 Å². The lowest BCUT2D eigenvalue weighted by molar-refractivity contribution is 1.27. The molecule has 0 atom stereocenters. The van der Waals surface area contributed by atoms with E-state index in [2.05, 4.69) is 78.9 Å². The molecular formula is C15H15IS. The maximum Gasteiger partial charge on any atom is 0.0232 e. The second-order valence-electron chi connectivity index (χ2n) is 4.16. The lowest BCUT2D eigenvalue weighted by Gasteiger charge is -2.05. The first kappa shape index (κ1) is 13.0. The van der Waals surface area contributed by atoms with Gasteiger partial charge in [-0.05, 0) is 77.4 Å². The van der Waals surface area contributed by atoms with Crippen LogP contribution in [0.4, 0.5) is 0 Å². The molecule has 0 aliphatic rings. The van der Waals surface area contributed by atoms with Crippen LogP contribution in [0.3, 0.4) is 0 Å². The van der Waals surface area contributed by atoms with Gasteiger partial charge in [-0.2, -0.15) is 0 Å². The van der Waals surface area contributed by atoms with E-state index in [1.807, 2.05) is 11.8 Å². The van der Waals surface area contributed by atoms with Crippen LogP contribution in [0, 0.1) is 17.4 Å². The molecule has 2 aromatic rings. The molecule has 0 spiro atoms. The molecule has 17 heavy (non-hydrogen) atoms. The summed E-state index contributed by atoms with van der Waals surface area (Å²) in [6.45, 7) is 4.33. The normalized spacial score (nSPS) is 10.5. The zero-order valence-corrected chi connectivity index (χ0v) is 13.0. The molecule has 0 saturated heterocycles. The minimum Gasteiger partial charge on any atom is -0.121 e. The van der Waals surface area contributed by atoms with Gasteiger partial charge in [-0.15, -0.1) is 11.8 Å². The summed E-state index contributed by atoms with van der Waals surface area (Å²) in [5.41, 5.74) is 4.12. The molecule has 2 rings (SSSR count). The molecule has 2 aromatic carbocycles. The monoisotopic (exact) mass is 354 g/mol.